The molecule has 0 saturated carbocycles. The Morgan fingerprint density at radius 2 is 2.19 bits per heavy atom. The van der Waals surface area contributed by atoms with Gasteiger partial charge in [0, 0.05) is 24.1 Å². The number of amides is 1. The van der Waals surface area contributed by atoms with Gasteiger partial charge in [0.2, 0.25) is 5.91 Å². The number of unbranched alkanes of at least 4 members (excludes halogenated alkanes) is 3. The van der Waals surface area contributed by atoms with Gasteiger partial charge in [-0.25, -0.2) is 5.43 Å². The van der Waals surface area contributed by atoms with Crippen molar-refractivity contribution in [2.45, 2.75) is 39.0 Å². The number of benzene rings is 1. The van der Waals surface area contributed by atoms with Crippen molar-refractivity contribution in [3.8, 4) is 5.75 Å². The van der Waals surface area contributed by atoms with E-state index in [4.69, 9.17) is 0 Å². The highest BCUT2D eigenvalue weighted by molar-refractivity contribution is 5.85. The zero-order chi connectivity index (χ0) is 15.7. The number of nitrogens with zero attached hydrogens (tertiary/aromatic N) is 2. The minimum absolute atomic E-state index is 0.137. The van der Waals surface area contributed by atoms with Crippen LogP contribution in [0.15, 0.2) is 23.3 Å². The summed E-state index contributed by atoms with van der Waals surface area (Å²) >= 11 is 0. The number of nitro benzene ring substituents is 1. The highest BCUT2D eigenvalue weighted by Crippen LogP contribution is 2.21. The third-order valence-corrected chi connectivity index (χ3v) is 2.87. The first-order valence-corrected chi connectivity index (χ1v) is 6.84. The maximum Gasteiger partial charge on any atom is 0.270 e. The van der Waals surface area contributed by atoms with Gasteiger partial charge in [-0.2, -0.15) is 5.10 Å². The van der Waals surface area contributed by atoms with Crippen LogP contribution in [-0.2, 0) is 4.79 Å². The first-order chi connectivity index (χ1) is 10.0. The molecule has 21 heavy (non-hydrogen) atoms. The summed E-state index contributed by atoms with van der Waals surface area (Å²) in [5.41, 5.74) is 2.36. The Labute approximate surface area is 122 Å². The van der Waals surface area contributed by atoms with Crippen LogP contribution in [0.4, 0.5) is 5.69 Å². The average Bonchev–Trinajstić information content (AvgIpc) is 2.45. The molecule has 0 bridgehead atoms. The van der Waals surface area contributed by atoms with Crippen LogP contribution < -0.4 is 5.43 Å². The van der Waals surface area contributed by atoms with Crippen molar-refractivity contribution >= 4 is 17.8 Å². The molecule has 0 aliphatic carbocycles. The van der Waals surface area contributed by atoms with Gasteiger partial charge < -0.3 is 5.11 Å². The van der Waals surface area contributed by atoms with E-state index in [1.807, 2.05) is 0 Å². The van der Waals surface area contributed by atoms with Gasteiger partial charge in [-0.1, -0.05) is 26.2 Å². The van der Waals surface area contributed by atoms with E-state index in [9.17, 15) is 20.0 Å². The van der Waals surface area contributed by atoms with Gasteiger partial charge in [0.05, 0.1) is 11.1 Å². The first kappa shape index (κ1) is 16.6. The lowest BCUT2D eigenvalue weighted by Crippen LogP contribution is -2.16. The molecule has 7 nitrogen and oxygen atoms in total. The second kappa shape index (κ2) is 8.68. The number of phenolic OH excluding ortho intramolecular Hbond substituents is 1. The molecule has 0 heterocycles. The Kier molecular flexibility index (Phi) is 6.86. The Hall–Kier alpha value is -2.44. The van der Waals surface area contributed by atoms with E-state index in [1.165, 1.54) is 24.4 Å². The predicted octanol–water partition coefficient (Wildman–Crippen LogP) is 2.72. The summed E-state index contributed by atoms with van der Waals surface area (Å²) in [6.07, 6.45) is 5.57. The number of carbonyl (C=O) groups excluding carboxylic acids is 1. The molecule has 114 valence electrons. The largest absolute Gasteiger partial charge is 0.507 e. The number of non-ortho nitro benzene ring substituents is 1. The molecule has 1 aromatic carbocycles. The van der Waals surface area contributed by atoms with Crippen LogP contribution in [0.1, 0.15) is 44.6 Å². The van der Waals surface area contributed by atoms with Crippen LogP contribution in [0.5, 0.6) is 5.75 Å². The number of rotatable bonds is 8. The summed E-state index contributed by atoms with van der Waals surface area (Å²) in [6.45, 7) is 2.09. The molecule has 2 N–H and O–H groups in total. The highest BCUT2D eigenvalue weighted by Gasteiger charge is 2.08. The van der Waals surface area contributed by atoms with Crippen LogP contribution in [0.25, 0.3) is 0 Å². The number of hydrogen-bond donors (Lipinski definition) is 2. The van der Waals surface area contributed by atoms with E-state index < -0.39 is 4.92 Å². The van der Waals surface area contributed by atoms with Gasteiger partial charge in [-0.05, 0) is 12.5 Å². The van der Waals surface area contributed by atoms with E-state index in [1.54, 1.807) is 0 Å². The summed E-state index contributed by atoms with van der Waals surface area (Å²) in [5, 5.41) is 23.9. The van der Waals surface area contributed by atoms with Gasteiger partial charge in [0.15, 0.2) is 0 Å². The number of nitro groups is 1. The molecule has 1 amide bonds. The molecular weight excluding hydrogens is 274 g/mol. The van der Waals surface area contributed by atoms with Crippen molar-refractivity contribution in [2.75, 3.05) is 0 Å². The summed E-state index contributed by atoms with van der Waals surface area (Å²) in [7, 11) is 0. The van der Waals surface area contributed by atoms with Crippen LogP contribution in [0.3, 0.4) is 0 Å². The monoisotopic (exact) mass is 293 g/mol. The van der Waals surface area contributed by atoms with Gasteiger partial charge in [-0.3, -0.25) is 14.9 Å². The smallest absolute Gasteiger partial charge is 0.270 e. The number of hydrogen-bond acceptors (Lipinski definition) is 5. The number of nitrogens with one attached hydrogen (secondary N) is 1. The second-order valence-electron chi connectivity index (χ2n) is 4.60. The molecule has 7 heteroatoms. The summed E-state index contributed by atoms with van der Waals surface area (Å²) < 4.78 is 0. The van der Waals surface area contributed by atoms with Crippen molar-refractivity contribution in [3.63, 3.8) is 0 Å². The van der Waals surface area contributed by atoms with Gasteiger partial charge in [-0.15, -0.1) is 0 Å². The third kappa shape index (κ3) is 6.03. The Bertz CT molecular complexity index is 529. The Morgan fingerprint density at radius 1 is 1.43 bits per heavy atom. The van der Waals surface area contributed by atoms with Crippen molar-refractivity contribution < 1.29 is 14.8 Å². The average molecular weight is 293 g/mol. The molecule has 1 rings (SSSR count). The second-order valence-corrected chi connectivity index (χ2v) is 4.60. The lowest BCUT2D eigenvalue weighted by molar-refractivity contribution is -0.384. The summed E-state index contributed by atoms with van der Waals surface area (Å²) in [4.78, 5) is 21.5. The van der Waals surface area contributed by atoms with Crippen molar-refractivity contribution in [1.29, 1.82) is 0 Å². The SMILES string of the molecule is CCCCCCC(=O)N/N=C/c1cc([N+](=O)[O-])ccc1O. The highest BCUT2D eigenvalue weighted by atomic mass is 16.6. The standard InChI is InChI=1S/C14H19N3O4/c1-2-3-4-5-6-14(19)16-15-10-11-9-12(17(20)21)7-8-13(11)18/h7-10,18H,2-6H2,1H3,(H,16,19)/b15-10+. The fourth-order valence-corrected chi connectivity index (χ4v) is 1.70. The number of hydrazone groups is 1. The van der Waals surface area contributed by atoms with Gasteiger partial charge >= 0.3 is 0 Å². The molecule has 0 radical (unpaired) electrons. The van der Waals surface area contributed by atoms with Crippen LogP contribution >= 0.6 is 0 Å². The zero-order valence-electron chi connectivity index (χ0n) is 11.9. The molecule has 1 aromatic rings. The third-order valence-electron chi connectivity index (χ3n) is 2.87. The van der Waals surface area contributed by atoms with E-state index in [0.717, 1.165) is 25.7 Å². The molecule has 0 atom stereocenters. The number of carbonyl (C=O) groups is 1. The molecule has 0 aliphatic heterocycles. The topological polar surface area (TPSA) is 105 Å². The van der Waals surface area contributed by atoms with Gasteiger partial charge in [0.1, 0.15) is 5.75 Å². The molecule has 0 saturated heterocycles. The van der Waals surface area contributed by atoms with E-state index in [-0.39, 0.29) is 22.9 Å². The maximum absolute atomic E-state index is 11.5. The van der Waals surface area contributed by atoms with Crippen LogP contribution in [0.2, 0.25) is 0 Å². The minimum atomic E-state index is -0.566. The lowest BCUT2D eigenvalue weighted by Gasteiger charge is -2.01. The number of phenols is 1. The molecule has 0 spiro atoms. The van der Waals surface area contributed by atoms with E-state index in [0.29, 0.717) is 6.42 Å². The molecule has 0 fully saturated rings. The van der Waals surface area contributed by atoms with Crippen molar-refractivity contribution in [3.05, 3.63) is 33.9 Å². The fourth-order valence-electron chi connectivity index (χ4n) is 1.70. The molecule has 0 unspecified atom stereocenters. The molecular formula is C14H19N3O4. The van der Waals surface area contributed by atoms with Gasteiger partial charge in [0.25, 0.3) is 5.69 Å². The fraction of sp³-hybridized carbons (Fsp3) is 0.429. The van der Waals surface area contributed by atoms with Crippen molar-refractivity contribution in [2.24, 2.45) is 5.10 Å². The quantitative estimate of drug-likeness (QED) is 0.332. The molecule has 0 aliphatic rings. The predicted molar refractivity (Wildman–Crippen MR) is 79.3 cm³/mol. The zero-order valence-corrected chi connectivity index (χ0v) is 11.9. The maximum atomic E-state index is 11.5. The van der Waals surface area contributed by atoms with Crippen LogP contribution in [0, 0.1) is 10.1 Å². The Balaban J connectivity index is 2.51. The summed E-state index contributed by atoms with van der Waals surface area (Å²) in [5.74, 6) is -0.353. The van der Waals surface area contributed by atoms with Crippen LogP contribution in [-0.4, -0.2) is 22.2 Å². The minimum Gasteiger partial charge on any atom is -0.507 e. The van der Waals surface area contributed by atoms with Crippen molar-refractivity contribution in [1.82, 2.24) is 5.43 Å². The van der Waals surface area contributed by atoms with E-state index in [2.05, 4.69) is 17.5 Å². The Morgan fingerprint density at radius 3 is 2.86 bits per heavy atom. The number of aromatic hydroxyl groups is 1. The normalized spacial score (nSPS) is 10.7. The van der Waals surface area contributed by atoms with E-state index >= 15 is 0 Å². The molecule has 0 aromatic heterocycles. The first-order valence-electron chi connectivity index (χ1n) is 6.84. The summed E-state index contributed by atoms with van der Waals surface area (Å²) in [6, 6.07) is 3.59. The lowest BCUT2D eigenvalue weighted by atomic mass is 10.1.